The van der Waals surface area contributed by atoms with Crippen LogP contribution in [0.15, 0.2) is 96.2 Å². The van der Waals surface area contributed by atoms with Crippen LogP contribution in [0.2, 0.25) is 0 Å². The third-order valence-corrected chi connectivity index (χ3v) is 9.15. The molecule has 0 N–H and O–H groups in total. The molecule has 6 heteroatoms. The Hall–Kier alpha value is -4.55. The van der Waals surface area contributed by atoms with Crippen molar-refractivity contribution in [1.29, 1.82) is 0 Å². The molecule has 6 nitrogen and oxygen atoms in total. The SMILES string of the molecule is CCn1c2ccc(C(=O)c3ccccc3C)cc2c2cc(/C(C)=N/OC(=O)C(C)(Cc3ccccc3)N3CCCC3)ccc21. The van der Waals surface area contributed by atoms with Gasteiger partial charge in [-0.2, -0.15) is 0 Å². The standard InChI is InChI=1S/C38H39N3O3/c1-5-41-34-19-17-29(23-32(34)33-24-30(18-20-35(33)41)36(42)31-16-10-9-13-26(31)2)27(3)39-44-37(43)38(4,40-21-11-12-22-40)25-28-14-7-6-8-15-28/h6-10,13-20,23-24H,5,11-12,21-22,25H2,1-4H3/b39-27+. The summed E-state index contributed by atoms with van der Waals surface area (Å²) in [6.07, 6.45) is 2.71. The van der Waals surface area contributed by atoms with E-state index in [-0.39, 0.29) is 11.8 Å². The average Bonchev–Trinajstić information content (AvgIpc) is 3.70. The topological polar surface area (TPSA) is 63.9 Å². The molecule has 0 saturated carbocycles. The first-order valence-electron chi connectivity index (χ1n) is 15.5. The number of rotatable bonds is 9. The van der Waals surface area contributed by atoms with E-state index in [0.717, 1.165) is 71.0 Å². The van der Waals surface area contributed by atoms with E-state index in [1.807, 2.05) is 87.5 Å². The molecule has 1 saturated heterocycles. The van der Waals surface area contributed by atoms with Crippen molar-refractivity contribution in [3.05, 3.63) is 119 Å². The number of carbonyl (C=O) groups is 2. The van der Waals surface area contributed by atoms with Gasteiger partial charge in [0.1, 0.15) is 5.54 Å². The van der Waals surface area contributed by atoms with Crippen molar-refractivity contribution in [3.63, 3.8) is 0 Å². The van der Waals surface area contributed by atoms with Crippen LogP contribution in [0.1, 0.15) is 66.2 Å². The van der Waals surface area contributed by atoms with Crippen LogP contribution in [0.4, 0.5) is 0 Å². The smallest absolute Gasteiger partial charge is 0.341 e. The van der Waals surface area contributed by atoms with E-state index >= 15 is 0 Å². The molecule has 0 amide bonds. The molecule has 0 bridgehead atoms. The summed E-state index contributed by atoms with van der Waals surface area (Å²) < 4.78 is 2.26. The zero-order valence-electron chi connectivity index (χ0n) is 26.0. The van der Waals surface area contributed by atoms with Crippen LogP contribution >= 0.6 is 0 Å². The molecule has 1 unspecified atom stereocenters. The van der Waals surface area contributed by atoms with Crippen LogP contribution in [-0.4, -0.2) is 45.6 Å². The number of benzene rings is 4. The van der Waals surface area contributed by atoms with Crippen LogP contribution < -0.4 is 0 Å². The predicted octanol–water partition coefficient (Wildman–Crippen LogP) is 7.72. The van der Waals surface area contributed by atoms with Crippen molar-refractivity contribution in [2.45, 2.75) is 59.0 Å². The first kappa shape index (κ1) is 29.5. The van der Waals surface area contributed by atoms with Crippen molar-refractivity contribution in [2.24, 2.45) is 5.16 Å². The van der Waals surface area contributed by atoms with Gasteiger partial charge < -0.3 is 9.40 Å². The summed E-state index contributed by atoms with van der Waals surface area (Å²) in [7, 11) is 0. The molecule has 224 valence electrons. The van der Waals surface area contributed by atoms with Crippen molar-refractivity contribution in [2.75, 3.05) is 13.1 Å². The fourth-order valence-electron chi connectivity index (χ4n) is 6.57. The average molecular weight is 586 g/mol. The summed E-state index contributed by atoms with van der Waals surface area (Å²) in [4.78, 5) is 35.1. The second-order valence-electron chi connectivity index (χ2n) is 12.0. The van der Waals surface area contributed by atoms with Crippen LogP contribution in [-0.2, 0) is 22.6 Å². The van der Waals surface area contributed by atoms with E-state index in [9.17, 15) is 9.59 Å². The Balaban J connectivity index is 1.32. The molecule has 6 rings (SSSR count). The fraction of sp³-hybridized carbons (Fsp3) is 0.289. The van der Waals surface area contributed by atoms with E-state index in [2.05, 4.69) is 45.8 Å². The second-order valence-corrected chi connectivity index (χ2v) is 12.0. The number of likely N-dealkylation sites (tertiary alicyclic amines) is 1. The number of fused-ring (bicyclic) bond motifs is 3. The van der Waals surface area contributed by atoms with Crippen LogP contribution in [0, 0.1) is 6.92 Å². The molecule has 5 aromatic rings. The molecule has 0 radical (unpaired) electrons. The Morgan fingerprint density at radius 3 is 2.11 bits per heavy atom. The van der Waals surface area contributed by atoms with Gasteiger partial charge in [-0.15, -0.1) is 0 Å². The largest absolute Gasteiger partial charge is 0.355 e. The highest BCUT2D eigenvalue weighted by Crippen LogP contribution is 2.32. The van der Waals surface area contributed by atoms with Crippen LogP contribution in [0.25, 0.3) is 21.8 Å². The molecule has 1 fully saturated rings. The highest BCUT2D eigenvalue weighted by molar-refractivity contribution is 6.16. The Kier molecular flexibility index (Phi) is 8.19. The minimum Gasteiger partial charge on any atom is -0.341 e. The third kappa shape index (κ3) is 5.46. The number of aryl methyl sites for hydroxylation is 2. The lowest BCUT2D eigenvalue weighted by Gasteiger charge is -2.35. The number of hydrogen-bond acceptors (Lipinski definition) is 5. The minimum atomic E-state index is -0.805. The molecule has 1 aromatic heterocycles. The number of ketones is 1. The maximum atomic E-state index is 13.7. The summed E-state index contributed by atoms with van der Waals surface area (Å²) in [5, 5.41) is 6.41. The van der Waals surface area contributed by atoms with Gasteiger partial charge in [-0.25, -0.2) is 4.79 Å². The number of aromatic nitrogens is 1. The van der Waals surface area contributed by atoms with Gasteiger partial charge in [0.15, 0.2) is 5.78 Å². The highest BCUT2D eigenvalue weighted by Gasteiger charge is 2.42. The summed E-state index contributed by atoms with van der Waals surface area (Å²) in [6.45, 7) is 10.5. The van der Waals surface area contributed by atoms with Crippen molar-refractivity contribution in [3.8, 4) is 0 Å². The third-order valence-electron chi connectivity index (χ3n) is 9.15. The number of nitrogens with zero attached hydrogens (tertiary/aromatic N) is 3. The van der Waals surface area contributed by atoms with Gasteiger partial charge in [0.05, 0.1) is 5.71 Å². The van der Waals surface area contributed by atoms with Crippen molar-refractivity contribution >= 4 is 39.3 Å². The molecule has 4 aromatic carbocycles. The molecule has 2 heterocycles. The van der Waals surface area contributed by atoms with Crippen molar-refractivity contribution < 1.29 is 14.4 Å². The maximum absolute atomic E-state index is 13.7. The number of oxime groups is 1. The van der Waals surface area contributed by atoms with Crippen molar-refractivity contribution in [1.82, 2.24) is 9.47 Å². The number of hydrogen-bond donors (Lipinski definition) is 0. The van der Waals surface area contributed by atoms with Gasteiger partial charge in [0.2, 0.25) is 0 Å². The first-order chi connectivity index (χ1) is 21.3. The Morgan fingerprint density at radius 2 is 1.45 bits per heavy atom. The van der Waals surface area contributed by atoms with E-state index in [1.165, 1.54) is 0 Å². The van der Waals surface area contributed by atoms with Gasteiger partial charge in [0.25, 0.3) is 0 Å². The lowest BCUT2D eigenvalue weighted by atomic mass is 9.91. The van der Waals surface area contributed by atoms with E-state index in [1.54, 1.807) is 0 Å². The monoisotopic (exact) mass is 585 g/mol. The van der Waals surface area contributed by atoms with E-state index in [0.29, 0.717) is 23.3 Å². The molecular weight excluding hydrogens is 546 g/mol. The normalized spacial score (nSPS) is 15.5. The lowest BCUT2D eigenvalue weighted by molar-refractivity contribution is -0.157. The molecular formula is C38H39N3O3. The summed E-state index contributed by atoms with van der Waals surface area (Å²) in [5.74, 6) is -0.328. The maximum Gasteiger partial charge on any atom is 0.355 e. The molecule has 1 aliphatic rings. The molecule has 1 atom stereocenters. The number of carbonyl (C=O) groups excluding carboxylic acids is 2. The zero-order chi connectivity index (χ0) is 30.8. The predicted molar refractivity (Wildman–Crippen MR) is 177 cm³/mol. The Labute approximate surface area is 258 Å². The molecule has 1 aliphatic heterocycles. The van der Waals surface area contributed by atoms with Gasteiger partial charge in [0, 0.05) is 45.9 Å². The van der Waals surface area contributed by atoms with Crippen LogP contribution in [0.3, 0.4) is 0 Å². The van der Waals surface area contributed by atoms with Crippen LogP contribution in [0.5, 0.6) is 0 Å². The first-order valence-corrected chi connectivity index (χ1v) is 15.5. The Morgan fingerprint density at radius 1 is 0.841 bits per heavy atom. The quantitative estimate of drug-likeness (QED) is 0.0769. The second kappa shape index (κ2) is 12.2. The van der Waals surface area contributed by atoms with Gasteiger partial charge in [-0.1, -0.05) is 65.8 Å². The van der Waals surface area contributed by atoms with E-state index in [4.69, 9.17) is 4.84 Å². The van der Waals surface area contributed by atoms with Gasteiger partial charge in [-0.3, -0.25) is 9.69 Å². The molecule has 44 heavy (non-hydrogen) atoms. The lowest BCUT2D eigenvalue weighted by Crippen LogP contribution is -2.53. The Bertz CT molecular complexity index is 1880. The zero-order valence-corrected chi connectivity index (χ0v) is 26.0. The highest BCUT2D eigenvalue weighted by atomic mass is 16.7. The van der Waals surface area contributed by atoms with E-state index < -0.39 is 5.54 Å². The summed E-state index contributed by atoms with van der Waals surface area (Å²) >= 11 is 0. The fourth-order valence-corrected chi connectivity index (χ4v) is 6.57. The minimum absolute atomic E-state index is 0.0137. The van der Waals surface area contributed by atoms with Gasteiger partial charge >= 0.3 is 5.97 Å². The van der Waals surface area contributed by atoms with Gasteiger partial charge in [-0.05, 0) is 101 Å². The molecule has 0 aliphatic carbocycles. The summed E-state index contributed by atoms with van der Waals surface area (Å²) in [6, 6.07) is 29.9. The molecule has 0 spiro atoms. The summed E-state index contributed by atoms with van der Waals surface area (Å²) in [5.41, 5.74) is 6.26.